The third-order valence-electron chi connectivity index (χ3n) is 4.33. The molecule has 0 bridgehead atoms. The van der Waals surface area contributed by atoms with Crippen LogP contribution in [0.1, 0.15) is 37.8 Å². The number of ether oxygens (including phenoxy) is 3. The summed E-state index contributed by atoms with van der Waals surface area (Å²) in [5, 5.41) is 0. The van der Waals surface area contributed by atoms with E-state index in [1.807, 2.05) is 36.4 Å². The Morgan fingerprint density at radius 3 is 2.50 bits per heavy atom. The minimum Gasteiger partial charge on any atom is -0.489 e. The lowest BCUT2D eigenvalue weighted by atomic mass is 10.1. The van der Waals surface area contributed by atoms with Gasteiger partial charge < -0.3 is 14.2 Å². The lowest BCUT2D eigenvalue weighted by molar-refractivity contribution is -0.0565. The molecule has 1 heterocycles. The molecule has 0 N–H and O–H groups in total. The van der Waals surface area contributed by atoms with Crippen LogP contribution >= 0.6 is 0 Å². The monoisotopic (exact) mass is 326 g/mol. The highest BCUT2D eigenvalue weighted by Crippen LogP contribution is 2.29. The first-order chi connectivity index (χ1) is 11.6. The van der Waals surface area contributed by atoms with Crippen LogP contribution in [0.5, 0.6) is 5.75 Å². The summed E-state index contributed by atoms with van der Waals surface area (Å²) in [4.78, 5) is 0. The van der Waals surface area contributed by atoms with Gasteiger partial charge in [-0.05, 0) is 38.3 Å². The Hall–Kier alpha value is -1.84. The van der Waals surface area contributed by atoms with Gasteiger partial charge in [-0.3, -0.25) is 0 Å². The number of hydrogen-bond donors (Lipinski definition) is 0. The molecule has 0 spiro atoms. The summed E-state index contributed by atoms with van der Waals surface area (Å²) in [5.74, 6) is 0.883. The molecular weight excluding hydrogens is 300 g/mol. The highest BCUT2D eigenvalue weighted by molar-refractivity contribution is 5.33. The van der Waals surface area contributed by atoms with Crippen LogP contribution in [-0.2, 0) is 22.7 Å². The zero-order valence-electron chi connectivity index (χ0n) is 14.5. The number of benzene rings is 2. The molecule has 128 valence electrons. The summed E-state index contributed by atoms with van der Waals surface area (Å²) in [6.45, 7) is 6.03. The Morgan fingerprint density at radius 2 is 1.75 bits per heavy atom. The van der Waals surface area contributed by atoms with Gasteiger partial charge in [-0.1, -0.05) is 48.5 Å². The number of para-hydroxylation sites is 1. The summed E-state index contributed by atoms with van der Waals surface area (Å²) in [5.41, 5.74) is 2.23. The molecule has 3 rings (SSSR count). The van der Waals surface area contributed by atoms with E-state index in [9.17, 15) is 0 Å². The first-order valence-electron chi connectivity index (χ1n) is 8.63. The van der Waals surface area contributed by atoms with Gasteiger partial charge in [0.25, 0.3) is 0 Å². The Labute approximate surface area is 144 Å². The predicted octanol–water partition coefficient (Wildman–Crippen LogP) is 4.74. The summed E-state index contributed by atoms with van der Waals surface area (Å²) in [6.07, 6.45) is 2.37. The highest BCUT2D eigenvalue weighted by atomic mass is 16.5. The minimum absolute atomic E-state index is 0.00920. The number of hydrogen-bond acceptors (Lipinski definition) is 3. The van der Waals surface area contributed by atoms with Gasteiger partial charge in [-0.2, -0.15) is 0 Å². The molecule has 0 amide bonds. The fourth-order valence-corrected chi connectivity index (χ4v) is 2.99. The van der Waals surface area contributed by atoms with Crippen molar-refractivity contribution in [2.75, 3.05) is 6.61 Å². The van der Waals surface area contributed by atoms with Crippen molar-refractivity contribution < 1.29 is 14.2 Å². The van der Waals surface area contributed by atoms with Crippen molar-refractivity contribution in [2.24, 2.45) is 0 Å². The standard InChI is InChI=1S/C21H26O3/c1-21(2)13-12-19(24-21)16-22-15-18-10-6-7-11-20(18)23-14-17-8-4-3-5-9-17/h3-11,19H,12-16H2,1-2H3/t19-/m1/s1. The van der Waals surface area contributed by atoms with E-state index in [4.69, 9.17) is 14.2 Å². The summed E-state index contributed by atoms with van der Waals surface area (Å²) in [6, 6.07) is 18.3. The zero-order chi connectivity index (χ0) is 16.8. The largest absolute Gasteiger partial charge is 0.489 e. The smallest absolute Gasteiger partial charge is 0.125 e. The third-order valence-corrected chi connectivity index (χ3v) is 4.33. The molecule has 3 heteroatoms. The van der Waals surface area contributed by atoms with Crippen LogP contribution in [0.4, 0.5) is 0 Å². The average Bonchev–Trinajstić information content (AvgIpc) is 2.94. The van der Waals surface area contributed by atoms with Crippen LogP contribution in [-0.4, -0.2) is 18.3 Å². The molecule has 0 saturated carbocycles. The van der Waals surface area contributed by atoms with Crippen molar-refractivity contribution in [3.63, 3.8) is 0 Å². The molecule has 0 aromatic heterocycles. The summed E-state index contributed by atoms with van der Waals surface area (Å²) < 4.78 is 17.8. The lowest BCUT2D eigenvalue weighted by Gasteiger charge is -2.19. The Bertz CT molecular complexity index is 637. The summed E-state index contributed by atoms with van der Waals surface area (Å²) >= 11 is 0. The van der Waals surface area contributed by atoms with Crippen LogP contribution in [0.3, 0.4) is 0 Å². The van der Waals surface area contributed by atoms with Crippen LogP contribution in [0, 0.1) is 0 Å². The normalized spacial score (nSPS) is 19.3. The van der Waals surface area contributed by atoms with Gasteiger partial charge in [0.15, 0.2) is 0 Å². The van der Waals surface area contributed by atoms with Gasteiger partial charge in [-0.25, -0.2) is 0 Å². The maximum absolute atomic E-state index is 5.97. The van der Waals surface area contributed by atoms with Crippen molar-refractivity contribution in [2.45, 2.75) is 51.6 Å². The molecule has 0 unspecified atom stereocenters. The second-order valence-electron chi connectivity index (χ2n) is 6.94. The maximum Gasteiger partial charge on any atom is 0.125 e. The predicted molar refractivity (Wildman–Crippen MR) is 95.1 cm³/mol. The molecule has 1 aliphatic rings. The Morgan fingerprint density at radius 1 is 1.00 bits per heavy atom. The average molecular weight is 326 g/mol. The second kappa shape index (κ2) is 7.82. The molecule has 1 fully saturated rings. The topological polar surface area (TPSA) is 27.7 Å². The van der Waals surface area contributed by atoms with Gasteiger partial charge >= 0.3 is 0 Å². The van der Waals surface area contributed by atoms with Crippen LogP contribution in [0.2, 0.25) is 0 Å². The first-order valence-corrected chi connectivity index (χ1v) is 8.63. The highest BCUT2D eigenvalue weighted by Gasteiger charge is 2.31. The van der Waals surface area contributed by atoms with E-state index in [2.05, 4.69) is 32.0 Å². The van der Waals surface area contributed by atoms with Gasteiger partial charge in [0.05, 0.1) is 24.9 Å². The molecule has 24 heavy (non-hydrogen) atoms. The van der Waals surface area contributed by atoms with Crippen molar-refractivity contribution in [3.05, 3.63) is 65.7 Å². The molecule has 1 atom stereocenters. The van der Waals surface area contributed by atoms with Crippen LogP contribution < -0.4 is 4.74 Å². The number of rotatable bonds is 7. The lowest BCUT2D eigenvalue weighted by Crippen LogP contribution is -2.22. The maximum atomic E-state index is 5.97. The molecule has 2 aromatic carbocycles. The molecule has 2 aromatic rings. The van der Waals surface area contributed by atoms with Gasteiger partial charge in [0.2, 0.25) is 0 Å². The zero-order valence-corrected chi connectivity index (χ0v) is 14.5. The van der Waals surface area contributed by atoms with Gasteiger partial charge in [-0.15, -0.1) is 0 Å². The second-order valence-corrected chi connectivity index (χ2v) is 6.94. The van der Waals surface area contributed by atoms with E-state index in [1.165, 1.54) is 0 Å². The van der Waals surface area contributed by atoms with E-state index in [-0.39, 0.29) is 11.7 Å². The quantitative estimate of drug-likeness (QED) is 0.735. The van der Waals surface area contributed by atoms with Gasteiger partial charge in [0.1, 0.15) is 12.4 Å². The van der Waals surface area contributed by atoms with E-state index in [1.54, 1.807) is 0 Å². The molecule has 3 nitrogen and oxygen atoms in total. The van der Waals surface area contributed by atoms with Crippen LogP contribution in [0.15, 0.2) is 54.6 Å². The Balaban J connectivity index is 1.51. The molecular formula is C21H26O3. The molecule has 1 saturated heterocycles. The minimum atomic E-state index is -0.00920. The van der Waals surface area contributed by atoms with E-state index >= 15 is 0 Å². The van der Waals surface area contributed by atoms with E-state index in [0.717, 1.165) is 29.7 Å². The van der Waals surface area contributed by atoms with E-state index in [0.29, 0.717) is 19.8 Å². The summed E-state index contributed by atoms with van der Waals surface area (Å²) in [7, 11) is 0. The van der Waals surface area contributed by atoms with Gasteiger partial charge in [0, 0.05) is 5.56 Å². The third kappa shape index (κ3) is 4.83. The molecule has 1 aliphatic heterocycles. The van der Waals surface area contributed by atoms with E-state index < -0.39 is 0 Å². The molecule has 0 aliphatic carbocycles. The van der Waals surface area contributed by atoms with Crippen molar-refractivity contribution in [3.8, 4) is 5.75 Å². The van der Waals surface area contributed by atoms with Crippen molar-refractivity contribution in [1.82, 2.24) is 0 Å². The first kappa shape index (κ1) is 17.0. The molecule has 0 radical (unpaired) electrons. The fourth-order valence-electron chi connectivity index (χ4n) is 2.99. The van der Waals surface area contributed by atoms with Crippen molar-refractivity contribution in [1.29, 1.82) is 0 Å². The van der Waals surface area contributed by atoms with Crippen LogP contribution in [0.25, 0.3) is 0 Å². The van der Waals surface area contributed by atoms with Crippen molar-refractivity contribution >= 4 is 0 Å². The Kier molecular flexibility index (Phi) is 5.54. The SMILES string of the molecule is CC1(C)CC[C@H](COCc2ccccc2OCc2ccccc2)O1. The fraction of sp³-hybridized carbons (Fsp3) is 0.429.